The standard InChI is InChI=1S/C26H28N8O/c1-2-34-24(19-8-10-29-11-9-19)30-22-25(33-12-14-35-15-13-33)31-23(32-26(22)34)20(17-27)16-21(28)18-6-4-3-5-7-18/h3-11,16-17H,2,12-15,27-28H2,1H3/b20-17+,21-16-. The Hall–Kier alpha value is -4.24. The number of fused-ring (bicyclic) bond motifs is 1. The Morgan fingerprint density at radius 1 is 1.03 bits per heavy atom. The predicted molar refractivity (Wildman–Crippen MR) is 138 cm³/mol. The molecular weight excluding hydrogens is 440 g/mol. The molecule has 4 heterocycles. The third-order valence-corrected chi connectivity index (χ3v) is 6.00. The van der Waals surface area contributed by atoms with Gasteiger partial charge in [0.05, 0.1) is 13.2 Å². The molecule has 9 heteroatoms. The molecule has 1 aliphatic heterocycles. The van der Waals surface area contributed by atoms with Gasteiger partial charge in [0.25, 0.3) is 0 Å². The van der Waals surface area contributed by atoms with Crippen molar-refractivity contribution < 1.29 is 4.74 Å². The van der Waals surface area contributed by atoms with Crippen LogP contribution < -0.4 is 16.4 Å². The summed E-state index contributed by atoms with van der Waals surface area (Å²) in [5.41, 5.74) is 17.1. The second kappa shape index (κ2) is 9.94. The normalized spacial score (nSPS) is 15.1. The molecule has 1 aliphatic rings. The number of allylic oxidation sites excluding steroid dienone is 2. The van der Waals surface area contributed by atoms with Crippen molar-refractivity contribution in [1.82, 2.24) is 24.5 Å². The van der Waals surface area contributed by atoms with Crippen molar-refractivity contribution in [3.8, 4) is 11.4 Å². The van der Waals surface area contributed by atoms with Crippen LogP contribution in [0, 0.1) is 0 Å². The van der Waals surface area contributed by atoms with Crippen molar-refractivity contribution in [2.75, 3.05) is 31.2 Å². The van der Waals surface area contributed by atoms with Crippen LogP contribution in [0.2, 0.25) is 0 Å². The van der Waals surface area contributed by atoms with Gasteiger partial charge in [0, 0.05) is 55.1 Å². The zero-order valence-corrected chi connectivity index (χ0v) is 19.6. The minimum atomic E-state index is 0.497. The number of hydrogen-bond donors (Lipinski definition) is 2. The highest BCUT2D eigenvalue weighted by molar-refractivity contribution is 5.90. The smallest absolute Gasteiger partial charge is 0.166 e. The number of aromatic nitrogens is 5. The summed E-state index contributed by atoms with van der Waals surface area (Å²) in [6, 6.07) is 13.7. The molecule has 0 bridgehead atoms. The maximum Gasteiger partial charge on any atom is 0.166 e. The summed E-state index contributed by atoms with van der Waals surface area (Å²) in [5.74, 6) is 2.08. The molecule has 4 aromatic rings. The van der Waals surface area contributed by atoms with E-state index >= 15 is 0 Å². The molecule has 3 aromatic heterocycles. The number of morpholine rings is 1. The molecule has 0 aliphatic carbocycles. The Morgan fingerprint density at radius 3 is 2.46 bits per heavy atom. The fourth-order valence-electron chi connectivity index (χ4n) is 4.20. The number of nitrogens with two attached hydrogens (primary N) is 2. The second-order valence-electron chi connectivity index (χ2n) is 8.15. The van der Waals surface area contributed by atoms with Gasteiger partial charge in [0.1, 0.15) is 5.82 Å². The van der Waals surface area contributed by atoms with Gasteiger partial charge in [-0.15, -0.1) is 0 Å². The van der Waals surface area contributed by atoms with E-state index < -0.39 is 0 Å². The average molecular weight is 469 g/mol. The maximum absolute atomic E-state index is 6.40. The van der Waals surface area contributed by atoms with Crippen LogP contribution in [0.4, 0.5) is 5.82 Å². The molecule has 5 rings (SSSR count). The van der Waals surface area contributed by atoms with Crippen LogP contribution in [0.25, 0.3) is 33.8 Å². The van der Waals surface area contributed by atoms with Crippen molar-refractivity contribution in [1.29, 1.82) is 0 Å². The number of pyridine rings is 1. The van der Waals surface area contributed by atoms with E-state index in [0.717, 1.165) is 47.0 Å². The summed E-state index contributed by atoms with van der Waals surface area (Å²) >= 11 is 0. The Kier molecular flexibility index (Phi) is 6.40. The van der Waals surface area contributed by atoms with Crippen LogP contribution in [0.15, 0.2) is 67.1 Å². The van der Waals surface area contributed by atoms with Crippen LogP contribution >= 0.6 is 0 Å². The lowest BCUT2D eigenvalue weighted by atomic mass is 10.1. The first-order valence-electron chi connectivity index (χ1n) is 11.7. The fourth-order valence-corrected chi connectivity index (χ4v) is 4.20. The van der Waals surface area contributed by atoms with E-state index in [9.17, 15) is 0 Å². The molecule has 0 saturated carbocycles. The van der Waals surface area contributed by atoms with Crippen molar-refractivity contribution in [3.05, 3.63) is 78.5 Å². The third kappa shape index (κ3) is 4.45. The Bertz CT molecular complexity index is 1370. The van der Waals surface area contributed by atoms with E-state index in [1.807, 2.05) is 48.5 Å². The number of ether oxygens (including phenoxy) is 1. The lowest BCUT2D eigenvalue weighted by molar-refractivity contribution is 0.122. The van der Waals surface area contributed by atoms with E-state index in [-0.39, 0.29) is 0 Å². The number of anilines is 1. The summed E-state index contributed by atoms with van der Waals surface area (Å²) in [5, 5.41) is 0. The third-order valence-electron chi connectivity index (χ3n) is 6.00. The fraction of sp³-hybridized carbons (Fsp3) is 0.231. The van der Waals surface area contributed by atoms with Crippen LogP contribution in [0.1, 0.15) is 18.3 Å². The van der Waals surface area contributed by atoms with Gasteiger partial charge in [-0.2, -0.15) is 0 Å². The molecule has 0 atom stereocenters. The largest absolute Gasteiger partial charge is 0.404 e. The van der Waals surface area contributed by atoms with Gasteiger partial charge in [-0.05, 0) is 30.7 Å². The Morgan fingerprint density at radius 2 is 1.77 bits per heavy atom. The van der Waals surface area contributed by atoms with Gasteiger partial charge in [0.15, 0.2) is 22.8 Å². The van der Waals surface area contributed by atoms with Crippen molar-refractivity contribution in [2.45, 2.75) is 13.5 Å². The highest BCUT2D eigenvalue weighted by Gasteiger charge is 2.24. The zero-order chi connectivity index (χ0) is 24.2. The van der Waals surface area contributed by atoms with Crippen LogP contribution in [0.5, 0.6) is 0 Å². The first-order valence-corrected chi connectivity index (χ1v) is 11.7. The minimum Gasteiger partial charge on any atom is -0.404 e. The number of rotatable bonds is 6. The molecule has 35 heavy (non-hydrogen) atoms. The van der Waals surface area contributed by atoms with Gasteiger partial charge < -0.3 is 25.7 Å². The summed E-state index contributed by atoms with van der Waals surface area (Å²) in [6.07, 6.45) is 6.84. The number of benzene rings is 1. The maximum atomic E-state index is 6.40. The molecule has 0 unspecified atom stereocenters. The molecule has 1 fully saturated rings. The minimum absolute atomic E-state index is 0.497. The first kappa shape index (κ1) is 22.5. The number of hydrogen-bond acceptors (Lipinski definition) is 8. The summed E-state index contributed by atoms with van der Waals surface area (Å²) < 4.78 is 7.67. The molecule has 4 N–H and O–H groups in total. The zero-order valence-electron chi connectivity index (χ0n) is 19.6. The molecule has 1 aromatic carbocycles. The second-order valence-corrected chi connectivity index (χ2v) is 8.15. The number of imidazole rings is 1. The van der Waals surface area contributed by atoms with Gasteiger partial charge in [-0.3, -0.25) is 4.98 Å². The van der Waals surface area contributed by atoms with Crippen molar-refractivity contribution >= 4 is 28.3 Å². The Balaban J connectivity index is 1.69. The van der Waals surface area contributed by atoms with Crippen LogP contribution in [-0.4, -0.2) is 50.8 Å². The van der Waals surface area contributed by atoms with Gasteiger partial charge in [-0.1, -0.05) is 30.3 Å². The van der Waals surface area contributed by atoms with E-state index in [0.29, 0.717) is 36.9 Å². The molecule has 178 valence electrons. The summed E-state index contributed by atoms with van der Waals surface area (Å²) in [7, 11) is 0. The van der Waals surface area contributed by atoms with Gasteiger partial charge >= 0.3 is 0 Å². The Labute approximate surface area is 203 Å². The summed E-state index contributed by atoms with van der Waals surface area (Å²) in [4.78, 5) is 21.2. The van der Waals surface area contributed by atoms with E-state index in [2.05, 4.69) is 21.4 Å². The lowest BCUT2D eigenvalue weighted by Crippen LogP contribution is -2.37. The first-order chi connectivity index (χ1) is 17.2. The van der Waals surface area contributed by atoms with Crippen molar-refractivity contribution in [2.24, 2.45) is 11.5 Å². The van der Waals surface area contributed by atoms with E-state index in [1.165, 1.54) is 6.20 Å². The lowest BCUT2D eigenvalue weighted by Gasteiger charge is -2.28. The highest BCUT2D eigenvalue weighted by atomic mass is 16.5. The quantitative estimate of drug-likeness (QED) is 0.414. The average Bonchev–Trinajstić information content (AvgIpc) is 3.31. The van der Waals surface area contributed by atoms with Gasteiger partial charge in [0.2, 0.25) is 0 Å². The molecule has 0 radical (unpaired) electrons. The van der Waals surface area contributed by atoms with Crippen LogP contribution in [-0.2, 0) is 11.3 Å². The number of nitrogens with zero attached hydrogens (tertiary/aromatic N) is 6. The SMILES string of the molecule is CCn1c(-c2ccncc2)nc2c(N3CCOCC3)nc(C(/C=C(\N)c3ccccc3)=C/N)nc21. The molecule has 0 amide bonds. The molecule has 9 nitrogen and oxygen atoms in total. The molecule has 0 spiro atoms. The molecular formula is C26H28N8O. The van der Waals surface area contributed by atoms with Gasteiger partial charge in [-0.25, -0.2) is 15.0 Å². The molecule has 1 saturated heterocycles. The van der Waals surface area contributed by atoms with Crippen molar-refractivity contribution in [3.63, 3.8) is 0 Å². The predicted octanol–water partition coefficient (Wildman–Crippen LogP) is 3.04. The monoisotopic (exact) mass is 468 g/mol. The van der Waals surface area contributed by atoms with E-state index in [1.54, 1.807) is 12.4 Å². The van der Waals surface area contributed by atoms with E-state index in [4.69, 9.17) is 31.2 Å². The highest BCUT2D eigenvalue weighted by Crippen LogP contribution is 2.31. The summed E-state index contributed by atoms with van der Waals surface area (Å²) in [6.45, 7) is 5.48. The van der Waals surface area contributed by atoms with Crippen LogP contribution in [0.3, 0.4) is 0 Å². The number of aryl methyl sites for hydroxylation is 1. The topological polar surface area (TPSA) is 121 Å².